The Morgan fingerprint density at radius 1 is 0.581 bits per heavy atom. The van der Waals surface area contributed by atoms with E-state index in [4.69, 9.17) is 9.97 Å². The summed E-state index contributed by atoms with van der Waals surface area (Å²) in [4.78, 5) is 10.7. The molecule has 43 heavy (non-hydrogen) atoms. The van der Waals surface area contributed by atoms with Crippen molar-refractivity contribution < 1.29 is 0 Å². The topological polar surface area (TPSA) is 35.6 Å². The minimum Gasteiger partial charge on any atom is -0.316 e. The van der Waals surface area contributed by atoms with Gasteiger partial charge in [0.15, 0.2) is 0 Å². The molecule has 0 amide bonds. The van der Waals surface area contributed by atoms with E-state index in [1.54, 1.807) is 0 Å². The first-order valence-corrected chi connectivity index (χ1v) is 14.8. The zero-order chi connectivity index (χ0) is 28.7. The normalized spacial score (nSPS) is 13.9. The molecule has 0 saturated carbocycles. The molecule has 204 valence electrons. The summed E-state index contributed by atoms with van der Waals surface area (Å²) in [6, 6.07) is 40.9. The van der Waals surface area contributed by atoms with E-state index >= 15 is 0 Å². The van der Waals surface area contributed by atoms with Crippen LogP contribution in [0.5, 0.6) is 0 Å². The quantitative estimate of drug-likeness (QED) is 0.223. The van der Waals surface area contributed by atoms with E-state index in [9.17, 15) is 0 Å². The molecule has 0 atom stereocenters. The first-order chi connectivity index (χ1) is 21.1. The minimum atomic E-state index is -0.115. The molecule has 3 aromatic heterocycles. The molecule has 3 heterocycles. The van der Waals surface area contributed by atoms with Crippen LogP contribution in [0.3, 0.4) is 0 Å². The number of para-hydroxylation sites is 2. The number of fused-ring (bicyclic) bond motifs is 7. The van der Waals surface area contributed by atoms with Gasteiger partial charge in [0.1, 0.15) is 0 Å². The summed E-state index contributed by atoms with van der Waals surface area (Å²) in [6.45, 7) is 4.47. The predicted octanol–water partition coefficient (Wildman–Crippen LogP) is 7.94. The van der Waals surface area contributed by atoms with E-state index in [1.165, 1.54) is 26.9 Å². The third-order valence-electron chi connectivity index (χ3n) is 8.77. The van der Waals surface area contributed by atoms with E-state index in [1.807, 2.05) is 0 Å². The molecular formula is C39H28N4. The molecule has 4 nitrogen and oxygen atoms in total. The molecule has 0 saturated heterocycles. The van der Waals surface area contributed by atoms with Crippen molar-refractivity contribution in [3.8, 4) is 22.9 Å². The van der Waals surface area contributed by atoms with Gasteiger partial charge in [0, 0.05) is 44.2 Å². The van der Waals surface area contributed by atoms with E-state index < -0.39 is 0 Å². The zero-order valence-corrected chi connectivity index (χ0v) is 24.0. The standard InChI is InChI=1S/C39H28N4/c1-39(2)23-32-33(24-39)40-38(41-36(32)29-17-10-12-25-11-6-7-15-27(25)29)43-35-18-9-8-16-28(35)30-19-20-34-31(37(30)43)21-22-42(34)26-13-4-3-5-14-26/h3-24H,1-2H3. The van der Waals surface area contributed by atoms with Crippen LogP contribution < -0.4 is 10.6 Å². The van der Waals surface area contributed by atoms with E-state index in [2.05, 4.69) is 157 Å². The number of rotatable bonds is 3. The van der Waals surface area contributed by atoms with E-state index in [0.717, 1.165) is 44.1 Å². The second-order valence-electron chi connectivity index (χ2n) is 12.1. The lowest BCUT2D eigenvalue weighted by Crippen LogP contribution is -2.30. The van der Waals surface area contributed by atoms with Crippen LogP contribution in [0.15, 0.2) is 121 Å². The second-order valence-corrected chi connectivity index (χ2v) is 12.1. The van der Waals surface area contributed by atoms with Crippen LogP contribution in [0.4, 0.5) is 0 Å². The van der Waals surface area contributed by atoms with Gasteiger partial charge in [0.25, 0.3) is 0 Å². The van der Waals surface area contributed by atoms with Gasteiger partial charge in [0.2, 0.25) is 5.95 Å². The lowest BCUT2D eigenvalue weighted by Gasteiger charge is -2.12. The highest BCUT2D eigenvalue weighted by molar-refractivity contribution is 6.18. The van der Waals surface area contributed by atoms with Crippen LogP contribution in [0.1, 0.15) is 13.8 Å². The first kappa shape index (κ1) is 24.2. The van der Waals surface area contributed by atoms with Crippen LogP contribution in [-0.4, -0.2) is 19.1 Å². The molecule has 0 bridgehead atoms. The molecule has 0 aliphatic heterocycles. The predicted molar refractivity (Wildman–Crippen MR) is 178 cm³/mol. The molecule has 1 aliphatic carbocycles. The van der Waals surface area contributed by atoms with Gasteiger partial charge in [-0.25, -0.2) is 9.97 Å². The molecule has 0 unspecified atom stereocenters. The Kier molecular flexibility index (Phi) is 4.92. The molecule has 9 rings (SSSR count). The highest BCUT2D eigenvalue weighted by Crippen LogP contribution is 2.37. The average molecular weight is 553 g/mol. The number of hydrogen-bond donors (Lipinski definition) is 0. The molecule has 0 N–H and O–H groups in total. The Morgan fingerprint density at radius 3 is 2.23 bits per heavy atom. The van der Waals surface area contributed by atoms with Crippen molar-refractivity contribution in [2.24, 2.45) is 5.41 Å². The molecule has 1 aliphatic rings. The van der Waals surface area contributed by atoms with Crippen LogP contribution in [-0.2, 0) is 0 Å². The fraction of sp³-hybridized carbons (Fsp3) is 0.0769. The minimum absolute atomic E-state index is 0.115. The maximum atomic E-state index is 5.44. The maximum absolute atomic E-state index is 5.44. The van der Waals surface area contributed by atoms with Crippen molar-refractivity contribution in [3.05, 3.63) is 132 Å². The smallest absolute Gasteiger partial charge is 0.235 e. The number of aromatic nitrogens is 4. The van der Waals surface area contributed by atoms with E-state index in [-0.39, 0.29) is 5.41 Å². The Hall–Kier alpha value is -5.48. The van der Waals surface area contributed by atoms with Crippen LogP contribution in [0.25, 0.3) is 78.5 Å². The monoisotopic (exact) mass is 552 g/mol. The lowest BCUT2D eigenvalue weighted by atomic mass is 9.95. The van der Waals surface area contributed by atoms with Crippen molar-refractivity contribution in [1.82, 2.24) is 19.1 Å². The van der Waals surface area contributed by atoms with Crippen LogP contribution in [0.2, 0.25) is 0 Å². The van der Waals surface area contributed by atoms with Crippen LogP contribution >= 0.6 is 0 Å². The molecule has 4 heteroatoms. The Balaban J connectivity index is 1.42. The van der Waals surface area contributed by atoms with Crippen molar-refractivity contribution in [2.75, 3.05) is 0 Å². The van der Waals surface area contributed by atoms with Gasteiger partial charge < -0.3 is 4.57 Å². The first-order valence-electron chi connectivity index (χ1n) is 14.8. The van der Waals surface area contributed by atoms with Crippen molar-refractivity contribution in [1.29, 1.82) is 0 Å². The number of hydrogen-bond acceptors (Lipinski definition) is 2. The molecule has 0 radical (unpaired) electrons. The fourth-order valence-corrected chi connectivity index (χ4v) is 6.93. The van der Waals surface area contributed by atoms with Gasteiger partial charge in [0.05, 0.1) is 27.6 Å². The van der Waals surface area contributed by atoms with Gasteiger partial charge in [-0.1, -0.05) is 105 Å². The van der Waals surface area contributed by atoms with Gasteiger partial charge in [-0.3, -0.25) is 4.57 Å². The van der Waals surface area contributed by atoms with Gasteiger partial charge in [-0.15, -0.1) is 0 Å². The summed E-state index contributed by atoms with van der Waals surface area (Å²) in [5.74, 6) is 0.690. The largest absolute Gasteiger partial charge is 0.316 e. The van der Waals surface area contributed by atoms with Crippen LogP contribution in [0, 0.1) is 5.41 Å². The SMILES string of the molecule is CC1(C)C=c2nc(-n3c4ccccc4c4ccc5c(ccn5-c5ccccc5)c43)nc(-c3cccc4ccccc34)c2=C1. The molecule has 0 fully saturated rings. The Labute approximate surface area is 248 Å². The molecule has 8 aromatic rings. The molecular weight excluding hydrogens is 524 g/mol. The van der Waals surface area contributed by atoms with E-state index in [0.29, 0.717) is 5.95 Å². The summed E-state index contributed by atoms with van der Waals surface area (Å²) in [6.07, 6.45) is 6.75. The van der Waals surface area contributed by atoms with Crippen molar-refractivity contribution in [3.63, 3.8) is 0 Å². The van der Waals surface area contributed by atoms with Crippen molar-refractivity contribution in [2.45, 2.75) is 13.8 Å². The molecule has 0 spiro atoms. The number of nitrogens with zero attached hydrogens (tertiary/aromatic N) is 4. The highest BCUT2D eigenvalue weighted by Gasteiger charge is 2.23. The Bertz CT molecular complexity index is 2530. The fourth-order valence-electron chi connectivity index (χ4n) is 6.93. The second kappa shape index (κ2) is 8.76. The van der Waals surface area contributed by atoms with Gasteiger partial charge in [-0.2, -0.15) is 0 Å². The summed E-state index contributed by atoms with van der Waals surface area (Å²) in [7, 11) is 0. The maximum Gasteiger partial charge on any atom is 0.235 e. The highest BCUT2D eigenvalue weighted by atomic mass is 15.2. The summed E-state index contributed by atoms with van der Waals surface area (Å²) >= 11 is 0. The third-order valence-corrected chi connectivity index (χ3v) is 8.77. The van der Waals surface area contributed by atoms with Crippen molar-refractivity contribution >= 4 is 55.6 Å². The number of benzene rings is 5. The summed E-state index contributed by atoms with van der Waals surface area (Å²) < 4.78 is 4.53. The summed E-state index contributed by atoms with van der Waals surface area (Å²) in [5.41, 5.74) is 6.50. The lowest BCUT2D eigenvalue weighted by molar-refractivity contribution is 0.723. The van der Waals surface area contributed by atoms with Gasteiger partial charge >= 0.3 is 0 Å². The van der Waals surface area contributed by atoms with Gasteiger partial charge in [-0.05, 0) is 47.2 Å². The molecule has 5 aromatic carbocycles. The Morgan fingerprint density at radius 2 is 1.35 bits per heavy atom. The third kappa shape index (κ3) is 3.56. The summed E-state index contributed by atoms with van der Waals surface area (Å²) in [5, 5.41) is 8.04. The zero-order valence-electron chi connectivity index (χ0n) is 24.0. The average Bonchev–Trinajstić information content (AvgIpc) is 3.71.